The van der Waals surface area contributed by atoms with E-state index < -0.39 is 12.4 Å². The first kappa shape index (κ1) is 18.0. The SMILES string of the molecule is COC[C@H]1O[C@@H](Oc2ccc(N)cc2)[C@H](OC)[C@@H](OC)[C@H]1OC. The maximum Gasteiger partial charge on any atom is 0.229 e. The minimum Gasteiger partial charge on any atom is -0.462 e. The molecule has 0 saturated carbocycles. The Balaban J connectivity index is 2.19. The van der Waals surface area contributed by atoms with E-state index in [2.05, 4.69) is 0 Å². The lowest BCUT2D eigenvalue weighted by Gasteiger charge is -2.44. The predicted octanol–water partition coefficient (Wildman–Crippen LogP) is 1.06. The topological polar surface area (TPSA) is 81.4 Å². The smallest absolute Gasteiger partial charge is 0.229 e. The van der Waals surface area contributed by atoms with Crippen molar-refractivity contribution in [1.82, 2.24) is 0 Å². The lowest BCUT2D eigenvalue weighted by molar-refractivity contribution is -0.292. The van der Waals surface area contributed by atoms with Gasteiger partial charge in [0.2, 0.25) is 6.29 Å². The molecule has 1 saturated heterocycles. The molecule has 0 amide bonds. The molecule has 0 aromatic heterocycles. The van der Waals surface area contributed by atoms with Crippen molar-refractivity contribution in [3.05, 3.63) is 24.3 Å². The molecule has 2 rings (SSSR count). The number of hydrogen-bond donors (Lipinski definition) is 1. The van der Waals surface area contributed by atoms with Gasteiger partial charge in [-0.1, -0.05) is 0 Å². The Morgan fingerprint density at radius 3 is 2.04 bits per heavy atom. The minimum atomic E-state index is -0.653. The van der Waals surface area contributed by atoms with Crippen LogP contribution in [0.15, 0.2) is 24.3 Å². The highest BCUT2D eigenvalue weighted by molar-refractivity contribution is 5.41. The van der Waals surface area contributed by atoms with E-state index in [-0.39, 0.29) is 18.3 Å². The van der Waals surface area contributed by atoms with Crippen molar-refractivity contribution in [2.75, 3.05) is 40.8 Å². The monoisotopic (exact) mass is 327 g/mol. The van der Waals surface area contributed by atoms with Crippen LogP contribution in [0.25, 0.3) is 0 Å². The summed E-state index contributed by atoms with van der Waals surface area (Å²) >= 11 is 0. The summed E-state index contributed by atoms with van der Waals surface area (Å²) in [6.07, 6.45) is -2.11. The second kappa shape index (κ2) is 8.47. The van der Waals surface area contributed by atoms with Gasteiger partial charge in [-0.05, 0) is 24.3 Å². The third-order valence-electron chi connectivity index (χ3n) is 3.87. The van der Waals surface area contributed by atoms with Crippen LogP contribution in [0.3, 0.4) is 0 Å². The Labute approximate surface area is 136 Å². The van der Waals surface area contributed by atoms with Crippen molar-refractivity contribution in [3.63, 3.8) is 0 Å². The fraction of sp³-hybridized carbons (Fsp3) is 0.625. The van der Waals surface area contributed by atoms with Gasteiger partial charge in [0.1, 0.15) is 30.2 Å². The predicted molar refractivity (Wildman–Crippen MR) is 84.4 cm³/mol. The lowest BCUT2D eigenvalue weighted by atomic mass is 9.98. The van der Waals surface area contributed by atoms with E-state index in [0.717, 1.165) is 0 Å². The van der Waals surface area contributed by atoms with Gasteiger partial charge in [0, 0.05) is 34.1 Å². The molecule has 130 valence electrons. The summed E-state index contributed by atoms with van der Waals surface area (Å²) in [7, 11) is 6.41. The Morgan fingerprint density at radius 2 is 1.52 bits per heavy atom. The maximum absolute atomic E-state index is 5.99. The summed E-state index contributed by atoms with van der Waals surface area (Å²) < 4.78 is 33.8. The molecule has 7 nitrogen and oxygen atoms in total. The van der Waals surface area contributed by atoms with Crippen LogP contribution in [0.1, 0.15) is 0 Å². The van der Waals surface area contributed by atoms with Crippen LogP contribution in [0.5, 0.6) is 5.75 Å². The van der Waals surface area contributed by atoms with Gasteiger partial charge in [0.15, 0.2) is 0 Å². The van der Waals surface area contributed by atoms with E-state index in [1.54, 1.807) is 52.7 Å². The van der Waals surface area contributed by atoms with Crippen LogP contribution in [0.2, 0.25) is 0 Å². The number of methoxy groups -OCH3 is 4. The number of anilines is 1. The highest BCUT2D eigenvalue weighted by Gasteiger charge is 2.48. The largest absolute Gasteiger partial charge is 0.462 e. The van der Waals surface area contributed by atoms with Crippen LogP contribution >= 0.6 is 0 Å². The number of nitrogen functional groups attached to an aromatic ring is 1. The van der Waals surface area contributed by atoms with E-state index >= 15 is 0 Å². The van der Waals surface area contributed by atoms with E-state index in [9.17, 15) is 0 Å². The van der Waals surface area contributed by atoms with Gasteiger partial charge in [0.25, 0.3) is 0 Å². The van der Waals surface area contributed by atoms with Crippen LogP contribution in [0, 0.1) is 0 Å². The Hall–Kier alpha value is -1.38. The fourth-order valence-corrected chi connectivity index (χ4v) is 2.75. The van der Waals surface area contributed by atoms with Crippen LogP contribution < -0.4 is 10.5 Å². The summed E-state index contributed by atoms with van der Waals surface area (Å²) in [4.78, 5) is 0. The third kappa shape index (κ3) is 4.13. The number of benzene rings is 1. The highest BCUT2D eigenvalue weighted by Crippen LogP contribution is 2.29. The molecular weight excluding hydrogens is 302 g/mol. The van der Waals surface area contributed by atoms with Crippen molar-refractivity contribution in [2.45, 2.75) is 30.7 Å². The zero-order valence-corrected chi connectivity index (χ0v) is 13.9. The van der Waals surface area contributed by atoms with Gasteiger partial charge in [0.05, 0.1) is 6.61 Å². The standard InChI is InChI=1S/C16H25NO6/c1-18-9-12-13(19-2)14(20-3)15(21-4)16(23-12)22-11-7-5-10(17)6-8-11/h5-8,12-16H,9,17H2,1-4H3/t12-,13+,14+,15-,16-/m1/s1. The van der Waals surface area contributed by atoms with Crippen LogP contribution in [0.4, 0.5) is 5.69 Å². The van der Waals surface area contributed by atoms with Crippen molar-refractivity contribution in [1.29, 1.82) is 0 Å². The molecule has 23 heavy (non-hydrogen) atoms. The zero-order valence-electron chi connectivity index (χ0n) is 13.9. The van der Waals surface area contributed by atoms with Crippen LogP contribution in [-0.2, 0) is 23.7 Å². The average molecular weight is 327 g/mol. The number of hydrogen-bond acceptors (Lipinski definition) is 7. The molecule has 1 aromatic rings. The Morgan fingerprint density at radius 1 is 0.913 bits per heavy atom. The van der Waals surface area contributed by atoms with E-state index in [1.165, 1.54) is 0 Å². The number of nitrogens with two attached hydrogens (primary N) is 1. The molecule has 0 radical (unpaired) electrons. The summed E-state index contributed by atoms with van der Waals surface area (Å²) in [6.45, 7) is 0.358. The van der Waals surface area contributed by atoms with Crippen molar-refractivity contribution < 1.29 is 28.4 Å². The molecule has 0 spiro atoms. The second-order valence-corrected chi connectivity index (χ2v) is 5.29. The molecule has 0 aliphatic carbocycles. The summed E-state index contributed by atoms with van der Waals surface area (Å²) in [5.41, 5.74) is 6.35. The number of rotatable bonds is 7. The van der Waals surface area contributed by atoms with E-state index in [4.69, 9.17) is 34.2 Å². The zero-order chi connectivity index (χ0) is 16.8. The van der Waals surface area contributed by atoms with E-state index in [0.29, 0.717) is 18.0 Å². The Bertz CT molecular complexity index is 468. The van der Waals surface area contributed by atoms with Crippen molar-refractivity contribution in [2.24, 2.45) is 0 Å². The molecule has 1 aromatic carbocycles. The molecule has 7 heteroatoms. The summed E-state index contributed by atoms with van der Waals surface area (Å²) in [5.74, 6) is 0.633. The van der Waals surface area contributed by atoms with Gasteiger partial charge in [-0.15, -0.1) is 0 Å². The molecule has 1 aliphatic heterocycles. The Kier molecular flexibility index (Phi) is 6.61. The molecular formula is C16H25NO6. The quantitative estimate of drug-likeness (QED) is 0.750. The van der Waals surface area contributed by atoms with Gasteiger partial charge < -0.3 is 34.2 Å². The van der Waals surface area contributed by atoms with Gasteiger partial charge >= 0.3 is 0 Å². The van der Waals surface area contributed by atoms with Gasteiger partial charge in [-0.2, -0.15) is 0 Å². The van der Waals surface area contributed by atoms with Crippen molar-refractivity contribution >= 4 is 5.69 Å². The van der Waals surface area contributed by atoms with Gasteiger partial charge in [-0.25, -0.2) is 0 Å². The van der Waals surface area contributed by atoms with Gasteiger partial charge in [-0.3, -0.25) is 0 Å². The molecule has 2 N–H and O–H groups in total. The summed E-state index contributed by atoms with van der Waals surface area (Å²) in [6, 6.07) is 7.08. The molecule has 0 unspecified atom stereocenters. The second-order valence-electron chi connectivity index (χ2n) is 5.29. The van der Waals surface area contributed by atoms with Crippen molar-refractivity contribution in [3.8, 4) is 5.75 Å². The van der Waals surface area contributed by atoms with Crippen LogP contribution in [-0.4, -0.2) is 65.8 Å². The number of ether oxygens (including phenoxy) is 6. The summed E-state index contributed by atoms with van der Waals surface area (Å²) in [5, 5.41) is 0. The maximum atomic E-state index is 5.99. The normalized spacial score (nSPS) is 31.0. The molecule has 1 fully saturated rings. The first-order valence-corrected chi connectivity index (χ1v) is 7.39. The third-order valence-corrected chi connectivity index (χ3v) is 3.87. The molecule has 1 heterocycles. The first-order valence-electron chi connectivity index (χ1n) is 7.39. The fourth-order valence-electron chi connectivity index (χ4n) is 2.75. The highest BCUT2D eigenvalue weighted by atomic mass is 16.7. The lowest BCUT2D eigenvalue weighted by Crippen LogP contribution is -2.62. The molecule has 0 bridgehead atoms. The molecule has 1 aliphatic rings. The first-order chi connectivity index (χ1) is 11.1. The average Bonchev–Trinajstić information content (AvgIpc) is 2.56. The van der Waals surface area contributed by atoms with E-state index in [1.807, 2.05) is 0 Å². The molecule has 5 atom stereocenters. The minimum absolute atomic E-state index is 0.323.